The molecule has 3 nitrogen and oxygen atoms in total. The first-order valence-corrected chi connectivity index (χ1v) is 10.6. The topological polar surface area (TPSA) is 46.5 Å². The molecule has 5 atom stereocenters. The second-order valence-corrected chi connectivity index (χ2v) is 9.47. The van der Waals surface area contributed by atoms with Crippen LogP contribution in [0.2, 0.25) is 0 Å². The van der Waals surface area contributed by atoms with Crippen LogP contribution in [-0.2, 0) is 16.0 Å². The third-order valence-corrected chi connectivity index (χ3v) is 8.52. The first-order chi connectivity index (χ1) is 12.5. The number of aromatic hydroxyl groups is 1. The summed E-state index contributed by atoms with van der Waals surface area (Å²) in [7, 11) is 0. The lowest BCUT2D eigenvalue weighted by Gasteiger charge is -2.54. The molecule has 1 heterocycles. The molecular weight excluding hydrogens is 324 g/mol. The van der Waals surface area contributed by atoms with Crippen molar-refractivity contribution in [2.45, 2.75) is 82.7 Å². The number of benzene rings is 1. The number of fused-ring (bicyclic) bond motifs is 6. The molecule has 0 aromatic heterocycles. The second kappa shape index (κ2) is 5.74. The molecule has 4 aliphatic rings. The quantitative estimate of drug-likeness (QED) is 0.659. The molecule has 5 rings (SSSR count). The van der Waals surface area contributed by atoms with Crippen molar-refractivity contribution >= 4 is 5.97 Å². The predicted octanol–water partition coefficient (Wildman–Crippen LogP) is 5.10. The first-order valence-electron chi connectivity index (χ1n) is 10.6. The summed E-state index contributed by atoms with van der Waals surface area (Å²) in [5, 5.41) is 9.84. The van der Waals surface area contributed by atoms with Gasteiger partial charge in [-0.15, -0.1) is 0 Å². The Balaban J connectivity index is 1.49. The van der Waals surface area contributed by atoms with E-state index in [1.807, 2.05) is 12.1 Å². The minimum atomic E-state index is -0.203. The van der Waals surface area contributed by atoms with E-state index in [-0.39, 0.29) is 17.0 Å². The van der Waals surface area contributed by atoms with Gasteiger partial charge in [0.15, 0.2) is 0 Å². The molecule has 1 spiro atoms. The molecule has 2 saturated carbocycles. The van der Waals surface area contributed by atoms with Gasteiger partial charge in [0.05, 0.1) is 0 Å². The van der Waals surface area contributed by atoms with Crippen molar-refractivity contribution in [3.05, 3.63) is 29.3 Å². The number of ether oxygens (including phenoxy) is 1. The largest absolute Gasteiger partial charge is 0.508 e. The number of carbonyl (C=O) groups is 1. The van der Waals surface area contributed by atoms with Crippen molar-refractivity contribution in [3.8, 4) is 5.75 Å². The van der Waals surface area contributed by atoms with Gasteiger partial charge in [0.1, 0.15) is 11.4 Å². The first kappa shape index (κ1) is 16.6. The summed E-state index contributed by atoms with van der Waals surface area (Å²) >= 11 is 0. The van der Waals surface area contributed by atoms with Crippen LogP contribution in [0, 0.1) is 17.3 Å². The minimum Gasteiger partial charge on any atom is -0.508 e. The fraction of sp³-hybridized carbons (Fsp3) is 0.696. The summed E-state index contributed by atoms with van der Waals surface area (Å²) in [5.41, 5.74) is 2.76. The van der Waals surface area contributed by atoms with Gasteiger partial charge in [-0.3, -0.25) is 4.79 Å². The van der Waals surface area contributed by atoms with Crippen molar-refractivity contribution in [2.24, 2.45) is 17.3 Å². The van der Waals surface area contributed by atoms with E-state index in [4.69, 9.17) is 4.74 Å². The monoisotopic (exact) mass is 354 g/mol. The predicted molar refractivity (Wildman–Crippen MR) is 100 cm³/mol. The Morgan fingerprint density at radius 2 is 1.96 bits per heavy atom. The molecule has 1 N–H and O–H groups in total. The van der Waals surface area contributed by atoms with Crippen LogP contribution in [-0.4, -0.2) is 16.7 Å². The maximum atomic E-state index is 12.3. The van der Waals surface area contributed by atoms with Crippen molar-refractivity contribution in [3.63, 3.8) is 0 Å². The molecule has 0 amide bonds. The average molecular weight is 354 g/mol. The van der Waals surface area contributed by atoms with Crippen molar-refractivity contribution in [2.75, 3.05) is 0 Å². The van der Waals surface area contributed by atoms with Gasteiger partial charge in [0.2, 0.25) is 0 Å². The number of hydrogen-bond donors (Lipinski definition) is 1. The van der Waals surface area contributed by atoms with E-state index in [0.29, 0.717) is 29.9 Å². The highest BCUT2D eigenvalue weighted by molar-refractivity contribution is 5.70. The molecule has 0 bridgehead atoms. The summed E-state index contributed by atoms with van der Waals surface area (Å²) in [5.74, 6) is 2.42. The smallest absolute Gasteiger partial charge is 0.306 e. The standard InChI is InChI=1S/C23H30O3/c1-22-12-9-18-17-8-6-16(24)14-15(17)5-7-19(18)20(22)10-13-23(22)11-3-2-4-21(25)26-23/h6,8,14,18-20,24H,2-5,7,9-13H2,1H3/t18-,19-,20+,22+,23+/m1/s1. The molecule has 3 heteroatoms. The van der Waals surface area contributed by atoms with Crippen LogP contribution in [0.1, 0.15) is 81.8 Å². The Morgan fingerprint density at radius 1 is 1.08 bits per heavy atom. The Kier molecular flexibility index (Phi) is 3.68. The SMILES string of the molecule is C[C@]12CC[C@@H]3c4ccc(O)cc4CC[C@H]3[C@@H]1CC[C@@]21CCCCC(=O)O1. The zero-order chi connectivity index (χ0) is 17.9. The molecule has 1 aromatic rings. The molecule has 26 heavy (non-hydrogen) atoms. The van der Waals surface area contributed by atoms with Gasteiger partial charge >= 0.3 is 5.97 Å². The van der Waals surface area contributed by atoms with Gasteiger partial charge < -0.3 is 9.84 Å². The number of rotatable bonds is 0. The number of esters is 1. The van der Waals surface area contributed by atoms with E-state index in [1.54, 1.807) is 0 Å². The minimum absolute atomic E-state index is 0.0379. The fourth-order valence-corrected chi connectivity index (χ4v) is 7.24. The Hall–Kier alpha value is -1.51. The molecule has 140 valence electrons. The summed E-state index contributed by atoms with van der Waals surface area (Å²) in [6, 6.07) is 6.00. The fourth-order valence-electron chi connectivity index (χ4n) is 7.24. The van der Waals surface area contributed by atoms with Gasteiger partial charge in [-0.1, -0.05) is 13.0 Å². The lowest BCUT2D eigenvalue weighted by atomic mass is 9.53. The van der Waals surface area contributed by atoms with Gasteiger partial charge in [-0.25, -0.2) is 0 Å². The highest BCUT2D eigenvalue weighted by Gasteiger charge is 2.63. The normalized spacial score (nSPS) is 41.7. The van der Waals surface area contributed by atoms with Gasteiger partial charge in [-0.2, -0.15) is 0 Å². The molecule has 0 unspecified atom stereocenters. The Morgan fingerprint density at radius 3 is 2.85 bits per heavy atom. The summed E-state index contributed by atoms with van der Waals surface area (Å²) < 4.78 is 6.23. The van der Waals surface area contributed by atoms with Crippen LogP contribution in [0.3, 0.4) is 0 Å². The number of phenolic OH excluding ortho intramolecular Hbond substituents is 1. The molecular formula is C23H30O3. The second-order valence-electron chi connectivity index (χ2n) is 9.47. The van der Waals surface area contributed by atoms with E-state index >= 15 is 0 Å². The van der Waals surface area contributed by atoms with Crippen LogP contribution in [0.5, 0.6) is 5.75 Å². The maximum absolute atomic E-state index is 12.3. The van der Waals surface area contributed by atoms with Crippen molar-refractivity contribution < 1.29 is 14.6 Å². The third-order valence-electron chi connectivity index (χ3n) is 8.52. The van der Waals surface area contributed by atoms with Crippen LogP contribution in [0.25, 0.3) is 0 Å². The number of phenols is 1. The summed E-state index contributed by atoms with van der Waals surface area (Å²) in [6.45, 7) is 2.44. The summed E-state index contributed by atoms with van der Waals surface area (Å²) in [4.78, 5) is 12.3. The van der Waals surface area contributed by atoms with Crippen molar-refractivity contribution in [1.29, 1.82) is 0 Å². The molecule has 0 radical (unpaired) electrons. The van der Waals surface area contributed by atoms with Gasteiger partial charge in [0, 0.05) is 11.8 Å². The highest BCUT2D eigenvalue weighted by atomic mass is 16.6. The van der Waals surface area contributed by atoms with Crippen molar-refractivity contribution in [1.82, 2.24) is 0 Å². The van der Waals surface area contributed by atoms with Crippen LogP contribution in [0.4, 0.5) is 0 Å². The van der Waals surface area contributed by atoms with E-state index in [9.17, 15) is 9.90 Å². The van der Waals surface area contributed by atoms with Crippen LogP contribution < -0.4 is 0 Å². The van der Waals surface area contributed by atoms with E-state index < -0.39 is 0 Å². The molecule has 1 saturated heterocycles. The molecule has 3 aliphatic carbocycles. The molecule has 3 fully saturated rings. The highest BCUT2D eigenvalue weighted by Crippen LogP contribution is 2.66. The number of carbonyl (C=O) groups excluding carboxylic acids is 1. The van der Waals surface area contributed by atoms with Crippen LogP contribution in [0.15, 0.2) is 18.2 Å². The zero-order valence-electron chi connectivity index (χ0n) is 15.8. The zero-order valence-corrected chi connectivity index (χ0v) is 15.8. The Labute approximate surface area is 156 Å². The molecule has 1 aliphatic heterocycles. The molecule has 1 aromatic carbocycles. The Bertz CT molecular complexity index is 741. The number of hydrogen-bond acceptors (Lipinski definition) is 3. The maximum Gasteiger partial charge on any atom is 0.306 e. The van der Waals surface area contributed by atoms with Gasteiger partial charge in [0.25, 0.3) is 0 Å². The lowest BCUT2D eigenvalue weighted by molar-refractivity contribution is -0.179. The average Bonchev–Trinajstić information content (AvgIpc) is 2.76. The third kappa shape index (κ3) is 2.21. The van der Waals surface area contributed by atoms with Gasteiger partial charge in [-0.05, 0) is 98.8 Å². The van der Waals surface area contributed by atoms with E-state index in [0.717, 1.165) is 38.5 Å². The van der Waals surface area contributed by atoms with E-state index in [2.05, 4.69) is 13.0 Å². The number of aryl methyl sites for hydroxylation is 1. The van der Waals surface area contributed by atoms with E-state index in [1.165, 1.54) is 30.4 Å². The lowest BCUT2D eigenvalue weighted by Crippen LogP contribution is -2.52. The van der Waals surface area contributed by atoms with Crippen LogP contribution >= 0.6 is 0 Å². The summed E-state index contributed by atoms with van der Waals surface area (Å²) in [6.07, 6.45) is 10.7.